The number of hydrogen-bond acceptors (Lipinski definition) is 4. The van der Waals surface area contributed by atoms with Crippen LogP contribution in [0.3, 0.4) is 0 Å². The van der Waals surface area contributed by atoms with E-state index in [0.29, 0.717) is 35.5 Å². The third-order valence-electron chi connectivity index (χ3n) is 7.10. The fraction of sp³-hybridized carbons (Fsp3) is 0.560. The molecule has 0 unspecified atom stereocenters. The molecular weight excluding hydrogens is 425 g/mol. The minimum Gasteiger partial charge on any atom is -0.342 e. The molecule has 2 aliphatic heterocycles. The molecule has 0 spiro atoms. The van der Waals surface area contributed by atoms with Gasteiger partial charge in [-0.1, -0.05) is 13.8 Å². The van der Waals surface area contributed by atoms with Crippen LogP contribution in [0.2, 0.25) is 0 Å². The molecule has 0 saturated carbocycles. The van der Waals surface area contributed by atoms with Crippen molar-refractivity contribution in [2.24, 2.45) is 17.8 Å². The molecule has 1 aromatic heterocycles. The molecule has 4 rings (SSSR count). The molecule has 1 atom stereocenters. The van der Waals surface area contributed by atoms with Crippen molar-refractivity contribution in [1.82, 2.24) is 14.8 Å². The van der Waals surface area contributed by atoms with Crippen LogP contribution >= 0.6 is 11.3 Å². The van der Waals surface area contributed by atoms with Gasteiger partial charge in [0.25, 0.3) is 5.91 Å². The molecule has 5 nitrogen and oxygen atoms in total. The molecule has 32 heavy (non-hydrogen) atoms. The maximum atomic E-state index is 13.2. The summed E-state index contributed by atoms with van der Waals surface area (Å²) in [6.07, 6.45) is 3.90. The molecule has 2 aliphatic rings. The number of thiazole rings is 1. The van der Waals surface area contributed by atoms with Gasteiger partial charge in [-0.05, 0) is 68.7 Å². The average molecular weight is 458 g/mol. The standard InChI is InChI=1S/C25H32FN3O2S/c1-16-8-12-28(13-9-16)24(30)17(2)19-10-14-29(15-11-19)25(31)22-18(3)27-23(32-22)20-4-6-21(26)7-5-20/h4-7,16-17,19H,8-15H2,1-3H3/t17-/m0/s1. The summed E-state index contributed by atoms with van der Waals surface area (Å²) in [5.74, 6) is 1.05. The summed E-state index contributed by atoms with van der Waals surface area (Å²) in [6, 6.07) is 6.19. The smallest absolute Gasteiger partial charge is 0.265 e. The first-order chi connectivity index (χ1) is 15.3. The zero-order valence-corrected chi connectivity index (χ0v) is 20.0. The van der Waals surface area contributed by atoms with Crippen LogP contribution in [-0.4, -0.2) is 52.8 Å². The summed E-state index contributed by atoms with van der Waals surface area (Å²) in [7, 11) is 0. The number of hydrogen-bond donors (Lipinski definition) is 0. The molecule has 7 heteroatoms. The van der Waals surface area contributed by atoms with Crippen molar-refractivity contribution in [3.8, 4) is 10.6 Å². The molecule has 0 bridgehead atoms. The van der Waals surface area contributed by atoms with Gasteiger partial charge in [0, 0.05) is 37.7 Å². The Kier molecular flexibility index (Phi) is 6.93. The second-order valence-electron chi connectivity index (χ2n) is 9.37. The van der Waals surface area contributed by atoms with Crippen molar-refractivity contribution in [3.05, 3.63) is 40.7 Å². The van der Waals surface area contributed by atoms with E-state index in [4.69, 9.17) is 0 Å². The number of aryl methyl sites for hydroxylation is 1. The van der Waals surface area contributed by atoms with E-state index < -0.39 is 0 Å². The second kappa shape index (κ2) is 9.69. The number of likely N-dealkylation sites (tertiary alicyclic amines) is 2. The molecular formula is C25H32FN3O2S. The van der Waals surface area contributed by atoms with Crippen molar-refractivity contribution in [2.75, 3.05) is 26.2 Å². The fourth-order valence-electron chi connectivity index (χ4n) is 4.78. The molecule has 2 saturated heterocycles. The predicted molar refractivity (Wildman–Crippen MR) is 125 cm³/mol. The van der Waals surface area contributed by atoms with Gasteiger partial charge in [-0.25, -0.2) is 9.37 Å². The zero-order chi connectivity index (χ0) is 22.8. The molecule has 2 aromatic rings. The molecule has 0 aliphatic carbocycles. The molecule has 2 fully saturated rings. The number of halogens is 1. The number of rotatable bonds is 4. The fourth-order valence-corrected chi connectivity index (χ4v) is 5.82. The first-order valence-corrected chi connectivity index (χ1v) is 12.5. The Morgan fingerprint density at radius 2 is 1.62 bits per heavy atom. The summed E-state index contributed by atoms with van der Waals surface area (Å²) in [6.45, 7) is 9.26. The van der Waals surface area contributed by atoms with Gasteiger partial charge in [0.1, 0.15) is 15.7 Å². The number of carbonyl (C=O) groups excluding carboxylic acids is 2. The lowest BCUT2D eigenvalue weighted by molar-refractivity contribution is -0.138. The Morgan fingerprint density at radius 1 is 1.03 bits per heavy atom. The Hall–Kier alpha value is -2.28. The first kappa shape index (κ1) is 22.9. The average Bonchev–Trinajstić information content (AvgIpc) is 3.20. The van der Waals surface area contributed by atoms with Crippen molar-refractivity contribution in [3.63, 3.8) is 0 Å². The van der Waals surface area contributed by atoms with E-state index in [1.54, 1.807) is 12.1 Å². The quantitative estimate of drug-likeness (QED) is 0.649. The molecule has 2 amide bonds. The summed E-state index contributed by atoms with van der Waals surface area (Å²) in [5.41, 5.74) is 1.53. The first-order valence-electron chi connectivity index (χ1n) is 11.6. The minimum atomic E-state index is -0.288. The Morgan fingerprint density at radius 3 is 2.25 bits per heavy atom. The topological polar surface area (TPSA) is 53.5 Å². The lowest BCUT2D eigenvalue weighted by Gasteiger charge is -2.37. The van der Waals surface area contributed by atoms with E-state index in [1.807, 2.05) is 16.7 Å². The van der Waals surface area contributed by atoms with Crippen LogP contribution in [0.5, 0.6) is 0 Å². The largest absolute Gasteiger partial charge is 0.342 e. The number of carbonyl (C=O) groups is 2. The normalized spacial score (nSPS) is 19.2. The maximum absolute atomic E-state index is 13.2. The van der Waals surface area contributed by atoms with Gasteiger partial charge < -0.3 is 9.80 Å². The van der Waals surface area contributed by atoms with Gasteiger partial charge in [-0.2, -0.15) is 0 Å². The number of benzene rings is 1. The summed E-state index contributed by atoms with van der Waals surface area (Å²) in [5, 5.41) is 0.732. The highest BCUT2D eigenvalue weighted by atomic mass is 32.1. The van der Waals surface area contributed by atoms with Crippen molar-refractivity contribution in [1.29, 1.82) is 0 Å². The van der Waals surface area contributed by atoms with Crippen LogP contribution in [0.25, 0.3) is 10.6 Å². The highest BCUT2D eigenvalue weighted by Crippen LogP contribution is 2.32. The van der Waals surface area contributed by atoms with E-state index in [2.05, 4.69) is 18.8 Å². The van der Waals surface area contributed by atoms with Crippen LogP contribution in [0, 0.1) is 30.5 Å². The maximum Gasteiger partial charge on any atom is 0.265 e. The third kappa shape index (κ3) is 4.87. The Bertz CT molecular complexity index is 958. The van der Waals surface area contributed by atoms with Gasteiger partial charge in [0.2, 0.25) is 5.91 Å². The van der Waals surface area contributed by atoms with Gasteiger partial charge in [0.05, 0.1) is 5.69 Å². The Balaban J connectivity index is 1.35. The third-order valence-corrected chi connectivity index (χ3v) is 8.30. The summed E-state index contributed by atoms with van der Waals surface area (Å²) < 4.78 is 13.2. The van der Waals surface area contributed by atoms with E-state index in [0.717, 1.165) is 49.3 Å². The minimum absolute atomic E-state index is 0.0100. The molecule has 3 heterocycles. The van der Waals surface area contributed by atoms with Gasteiger partial charge >= 0.3 is 0 Å². The molecule has 172 valence electrons. The molecule has 0 radical (unpaired) electrons. The predicted octanol–water partition coefficient (Wildman–Crippen LogP) is 5.00. The molecule has 0 N–H and O–H groups in total. The number of nitrogens with zero attached hydrogens (tertiary/aromatic N) is 3. The van der Waals surface area contributed by atoms with Gasteiger partial charge in [-0.15, -0.1) is 11.3 Å². The summed E-state index contributed by atoms with van der Waals surface area (Å²) >= 11 is 1.37. The Labute approximate surface area is 193 Å². The van der Waals surface area contributed by atoms with E-state index in [-0.39, 0.29) is 23.5 Å². The van der Waals surface area contributed by atoms with Gasteiger partial charge in [-0.3, -0.25) is 9.59 Å². The zero-order valence-electron chi connectivity index (χ0n) is 19.1. The summed E-state index contributed by atoms with van der Waals surface area (Å²) in [4.78, 5) is 35.3. The number of amides is 2. The van der Waals surface area contributed by atoms with Crippen molar-refractivity contribution < 1.29 is 14.0 Å². The number of aromatic nitrogens is 1. The molecule has 1 aromatic carbocycles. The van der Waals surface area contributed by atoms with Crippen LogP contribution < -0.4 is 0 Å². The lowest BCUT2D eigenvalue weighted by Crippen LogP contribution is -2.45. The number of piperidine rings is 2. The van der Waals surface area contributed by atoms with E-state index in [1.165, 1.54) is 23.5 Å². The van der Waals surface area contributed by atoms with Crippen LogP contribution in [-0.2, 0) is 4.79 Å². The van der Waals surface area contributed by atoms with Crippen molar-refractivity contribution >= 4 is 23.2 Å². The SMILES string of the molecule is Cc1nc(-c2ccc(F)cc2)sc1C(=O)N1CCC([C@H](C)C(=O)N2CCC(C)CC2)CC1. The van der Waals surface area contributed by atoms with E-state index >= 15 is 0 Å². The monoisotopic (exact) mass is 457 g/mol. The van der Waals surface area contributed by atoms with E-state index in [9.17, 15) is 14.0 Å². The van der Waals surface area contributed by atoms with Crippen LogP contribution in [0.1, 0.15) is 54.9 Å². The highest BCUT2D eigenvalue weighted by Gasteiger charge is 2.34. The van der Waals surface area contributed by atoms with Crippen molar-refractivity contribution in [2.45, 2.75) is 46.5 Å². The van der Waals surface area contributed by atoms with Crippen LogP contribution in [0.15, 0.2) is 24.3 Å². The van der Waals surface area contributed by atoms with Gasteiger partial charge in [0.15, 0.2) is 0 Å². The highest BCUT2D eigenvalue weighted by molar-refractivity contribution is 7.17. The van der Waals surface area contributed by atoms with Crippen LogP contribution in [0.4, 0.5) is 4.39 Å². The second-order valence-corrected chi connectivity index (χ2v) is 10.4. The lowest BCUT2D eigenvalue weighted by atomic mass is 9.84.